The van der Waals surface area contributed by atoms with Crippen LogP contribution in [0.3, 0.4) is 0 Å². The summed E-state index contributed by atoms with van der Waals surface area (Å²) >= 11 is 0. The average molecular weight is 464 g/mol. The normalized spacial score (nSPS) is 15.2. The molecule has 0 saturated carbocycles. The topological polar surface area (TPSA) is 66.0 Å². The molecule has 0 saturated heterocycles. The molecule has 2 atom stereocenters. The molecule has 0 aliphatic heterocycles. The predicted octanol–water partition coefficient (Wildman–Crippen LogP) is 4.58. The lowest BCUT2D eigenvalue weighted by atomic mass is 9.79. The number of nitrogens with zero attached hydrogens (tertiary/aromatic N) is 3. The molecule has 0 aliphatic carbocycles. The van der Waals surface area contributed by atoms with Crippen molar-refractivity contribution < 1.29 is 0 Å². The number of hydrogen-bond acceptors (Lipinski definition) is 3. The van der Waals surface area contributed by atoms with Crippen LogP contribution in [0.1, 0.15) is 75.2 Å². The molecule has 1 aromatic rings. The predicted molar refractivity (Wildman–Crippen MR) is 139 cm³/mol. The first-order valence-electron chi connectivity index (χ1n) is 10.9. The molecule has 0 aromatic carbocycles. The van der Waals surface area contributed by atoms with Gasteiger partial charge >= 0.3 is 17.1 Å². The van der Waals surface area contributed by atoms with E-state index in [1.165, 1.54) is 15.2 Å². The zero-order valence-corrected chi connectivity index (χ0v) is 22.6. The fourth-order valence-corrected chi connectivity index (χ4v) is 4.84. The van der Waals surface area contributed by atoms with E-state index >= 15 is 0 Å². The van der Waals surface area contributed by atoms with E-state index in [2.05, 4.69) is 29.0 Å². The monoisotopic (exact) mass is 463 g/mol. The van der Waals surface area contributed by atoms with Crippen LogP contribution in [0.5, 0.6) is 0 Å². The lowest BCUT2D eigenvalue weighted by Crippen LogP contribution is -2.64. The minimum atomic E-state index is -1.07. The maximum atomic E-state index is 13.8. The smallest absolute Gasteiger partial charge is 0.247 e. The Morgan fingerprint density at radius 3 is 1.16 bits per heavy atom. The molecule has 6 nitrogen and oxygen atoms in total. The highest BCUT2D eigenvalue weighted by Gasteiger charge is 2.39. The van der Waals surface area contributed by atoms with E-state index in [9.17, 15) is 14.4 Å². The van der Waals surface area contributed by atoms with Gasteiger partial charge in [0.15, 0.2) is 0 Å². The zero-order chi connectivity index (χ0) is 25.5. The highest BCUT2D eigenvalue weighted by atomic mass is 31.0. The summed E-state index contributed by atoms with van der Waals surface area (Å²) in [5.41, 5.74) is -4.34. The average Bonchev–Trinajstić information content (AvgIpc) is 2.58. The van der Waals surface area contributed by atoms with Crippen molar-refractivity contribution in [1.29, 1.82) is 0 Å². The third-order valence-corrected chi connectivity index (χ3v) is 6.63. The second-order valence-corrected chi connectivity index (χ2v) is 12.8. The van der Waals surface area contributed by atoms with Gasteiger partial charge in [-0.15, -0.1) is 29.0 Å². The largest absolute Gasteiger partial charge is 0.337 e. The van der Waals surface area contributed by atoms with Crippen LogP contribution >= 0.6 is 9.24 Å². The number of aromatic nitrogens is 3. The Morgan fingerprint density at radius 2 is 0.906 bits per heavy atom. The molecule has 0 radical (unpaired) electrons. The Labute approximate surface area is 194 Å². The molecule has 180 valence electrons. The van der Waals surface area contributed by atoms with E-state index in [0.29, 0.717) is 12.8 Å². The molecule has 32 heavy (non-hydrogen) atoms. The second kappa shape index (κ2) is 8.78. The Balaban J connectivity index is 4.20. The van der Waals surface area contributed by atoms with Crippen LogP contribution in [0.25, 0.3) is 0 Å². The molecule has 2 unspecified atom stereocenters. The third-order valence-electron chi connectivity index (χ3n) is 6.14. The summed E-state index contributed by atoms with van der Waals surface area (Å²) in [6, 6.07) is 0. The van der Waals surface area contributed by atoms with Crippen molar-refractivity contribution in [2.75, 3.05) is 0 Å². The molecule has 0 aliphatic rings. The fourth-order valence-electron chi connectivity index (χ4n) is 4.62. The first-order valence-corrected chi connectivity index (χ1v) is 11.5. The van der Waals surface area contributed by atoms with E-state index in [0.717, 1.165) is 4.57 Å². The lowest BCUT2D eigenvalue weighted by molar-refractivity contribution is 0.173. The molecule has 0 spiro atoms. The lowest BCUT2D eigenvalue weighted by Gasteiger charge is -2.38. The summed E-state index contributed by atoms with van der Waals surface area (Å²) in [5.74, 6) is 0. The van der Waals surface area contributed by atoms with E-state index in [1.54, 1.807) is 6.92 Å². The fraction of sp³-hybridized carbons (Fsp3) is 0.640. The van der Waals surface area contributed by atoms with Crippen LogP contribution in [0.2, 0.25) is 0 Å². The summed E-state index contributed by atoms with van der Waals surface area (Å²) in [5, 5.41) is -1.07. The van der Waals surface area contributed by atoms with Gasteiger partial charge in [-0.1, -0.05) is 45.9 Å². The van der Waals surface area contributed by atoms with Crippen molar-refractivity contribution >= 4 is 9.24 Å². The molecule has 1 aromatic heterocycles. The van der Waals surface area contributed by atoms with Gasteiger partial charge in [0.05, 0.1) is 5.28 Å². The molecular weight excluding hydrogens is 421 g/mol. The van der Waals surface area contributed by atoms with Crippen molar-refractivity contribution in [1.82, 2.24) is 13.7 Å². The minimum Gasteiger partial charge on any atom is -0.247 e. The SMILES string of the molecule is C=CC(C)(C)CC(C)(C)n1c(=O)n(C(C)(P)C=C)c(=O)n(C(C)(C)CC(C)(C)C=C)c1=O. The second-order valence-electron chi connectivity index (χ2n) is 11.6. The standard InChI is InChI=1S/C25H42N3O3P/c1-13-21(4,5)16-23(8,9)26-18(29)27(24(10,11)17-22(6,7)14-2)20(31)28(19(26)30)25(12,32)15-3/h13-15H,1-3,16-17,32H2,4-12H3. The van der Waals surface area contributed by atoms with Gasteiger partial charge in [-0.25, -0.2) is 28.1 Å². The van der Waals surface area contributed by atoms with Gasteiger partial charge in [0.2, 0.25) is 0 Å². The molecule has 1 heterocycles. The van der Waals surface area contributed by atoms with Gasteiger partial charge < -0.3 is 0 Å². The van der Waals surface area contributed by atoms with Crippen LogP contribution in [0, 0.1) is 10.8 Å². The number of allylic oxidation sites excluding steroid dienone is 3. The minimum absolute atomic E-state index is 0.329. The van der Waals surface area contributed by atoms with E-state index in [4.69, 9.17) is 0 Å². The maximum absolute atomic E-state index is 13.8. The molecule has 1 rings (SSSR count). The van der Waals surface area contributed by atoms with Gasteiger partial charge in [-0.2, -0.15) is 0 Å². The van der Waals surface area contributed by atoms with Crippen LogP contribution in [0.15, 0.2) is 52.3 Å². The zero-order valence-electron chi connectivity index (χ0n) is 21.4. The Bertz CT molecular complexity index is 1010. The quantitative estimate of drug-likeness (QED) is 0.377. The number of hydrogen-bond donors (Lipinski definition) is 0. The maximum Gasteiger partial charge on any atom is 0.337 e. The van der Waals surface area contributed by atoms with Gasteiger partial charge in [-0.05, 0) is 58.3 Å². The van der Waals surface area contributed by atoms with Crippen molar-refractivity contribution in [2.24, 2.45) is 10.8 Å². The highest BCUT2D eigenvalue weighted by Crippen LogP contribution is 2.34. The third kappa shape index (κ3) is 5.51. The van der Waals surface area contributed by atoms with Crippen molar-refractivity contribution in [2.45, 2.75) is 91.5 Å². The van der Waals surface area contributed by atoms with Crippen molar-refractivity contribution in [3.63, 3.8) is 0 Å². The van der Waals surface area contributed by atoms with Gasteiger partial charge in [-0.3, -0.25) is 0 Å². The number of rotatable bonds is 10. The van der Waals surface area contributed by atoms with Crippen LogP contribution in [-0.2, 0) is 16.4 Å². The summed E-state index contributed by atoms with van der Waals surface area (Å²) in [4.78, 5) is 41.2. The summed E-state index contributed by atoms with van der Waals surface area (Å²) in [6.07, 6.45) is 6.11. The first-order chi connectivity index (χ1) is 14.2. The van der Waals surface area contributed by atoms with Gasteiger partial charge in [0.25, 0.3) is 0 Å². The molecule has 7 heteroatoms. The van der Waals surface area contributed by atoms with Crippen LogP contribution in [-0.4, -0.2) is 13.7 Å². The Kier molecular flexibility index (Phi) is 7.70. The molecule has 0 amide bonds. The summed E-state index contributed by atoms with van der Waals surface area (Å²) < 4.78 is 3.54. The van der Waals surface area contributed by atoms with E-state index < -0.39 is 33.4 Å². The summed E-state index contributed by atoms with van der Waals surface area (Å²) in [6.45, 7) is 28.7. The van der Waals surface area contributed by atoms with Crippen molar-refractivity contribution in [3.05, 3.63) is 69.4 Å². The Hall–Kier alpha value is -1.94. The van der Waals surface area contributed by atoms with E-state index in [-0.39, 0.29) is 10.8 Å². The molecule has 0 fully saturated rings. The highest BCUT2D eigenvalue weighted by molar-refractivity contribution is 7.18. The first kappa shape index (κ1) is 28.1. The molecule has 0 bridgehead atoms. The van der Waals surface area contributed by atoms with Gasteiger partial charge in [0.1, 0.15) is 0 Å². The summed E-state index contributed by atoms with van der Waals surface area (Å²) in [7, 11) is 2.50. The van der Waals surface area contributed by atoms with Crippen molar-refractivity contribution in [3.8, 4) is 0 Å². The molecular formula is C25H42N3O3P. The van der Waals surface area contributed by atoms with Crippen LogP contribution < -0.4 is 17.1 Å². The van der Waals surface area contributed by atoms with Gasteiger partial charge in [0, 0.05) is 11.1 Å². The Morgan fingerprint density at radius 1 is 0.625 bits per heavy atom. The van der Waals surface area contributed by atoms with E-state index in [1.807, 2.05) is 67.5 Å². The van der Waals surface area contributed by atoms with Crippen LogP contribution in [0.4, 0.5) is 0 Å². The molecule has 0 N–H and O–H groups in total.